The maximum Gasteiger partial charge on any atom is 0.337 e. The van der Waals surface area contributed by atoms with Crippen LogP contribution in [0.4, 0.5) is 0 Å². The largest absolute Gasteiger partial charge is 0.478 e. The van der Waals surface area contributed by atoms with Crippen LogP contribution < -0.4 is 0 Å². The SMILES string of the molecule is C=CCCSc1ccc(Cl)c(C(=O)O)c1. The van der Waals surface area contributed by atoms with Gasteiger partial charge in [-0.25, -0.2) is 4.79 Å². The minimum absolute atomic E-state index is 0.153. The summed E-state index contributed by atoms with van der Waals surface area (Å²) in [6.45, 7) is 3.62. The topological polar surface area (TPSA) is 37.3 Å². The fraction of sp³-hybridized carbons (Fsp3) is 0.182. The molecule has 1 N–H and O–H groups in total. The third-order valence-electron chi connectivity index (χ3n) is 1.76. The molecule has 0 aliphatic heterocycles. The Morgan fingerprint density at radius 3 is 2.93 bits per heavy atom. The zero-order chi connectivity index (χ0) is 11.3. The Bertz CT molecular complexity index is 377. The average Bonchev–Trinajstić information content (AvgIpc) is 2.20. The van der Waals surface area contributed by atoms with Crippen LogP contribution in [0, 0.1) is 0 Å². The number of carboxylic acid groups (broad SMARTS) is 1. The molecule has 0 aliphatic rings. The predicted octanol–water partition coefficient (Wildman–Crippen LogP) is 3.71. The molecule has 1 rings (SSSR count). The molecule has 0 amide bonds. The van der Waals surface area contributed by atoms with Crippen LogP contribution in [0.1, 0.15) is 16.8 Å². The molecular formula is C11H11ClO2S. The first kappa shape index (κ1) is 12.1. The minimum Gasteiger partial charge on any atom is -0.478 e. The molecule has 0 aliphatic carbocycles. The molecule has 1 aromatic rings. The molecule has 0 aromatic heterocycles. The van der Waals surface area contributed by atoms with E-state index in [9.17, 15) is 4.79 Å². The lowest BCUT2D eigenvalue weighted by atomic mass is 10.2. The van der Waals surface area contributed by atoms with Gasteiger partial charge in [0.25, 0.3) is 0 Å². The summed E-state index contributed by atoms with van der Waals surface area (Å²) in [6.07, 6.45) is 2.73. The van der Waals surface area contributed by atoms with Crippen molar-refractivity contribution in [3.05, 3.63) is 41.4 Å². The van der Waals surface area contributed by atoms with E-state index in [1.54, 1.807) is 23.9 Å². The van der Waals surface area contributed by atoms with E-state index in [1.165, 1.54) is 0 Å². The van der Waals surface area contributed by atoms with Gasteiger partial charge in [-0.05, 0) is 24.6 Å². The van der Waals surface area contributed by atoms with Crippen molar-refractivity contribution in [1.29, 1.82) is 0 Å². The molecule has 0 bridgehead atoms. The summed E-state index contributed by atoms with van der Waals surface area (Å²) >= 11 is 7.34. The number of carboxylic acids is 1. The van der Waals surface area contributed by atoms with E-state index >= 15 is 0 Å². The Kier molecular flexibility index (Phi) is 4.72. The number of halogens is 1. The molecule has 0 saturated carbocycles. The van der Waals surface area contributed by atoms with Crippen LogP contribution in [0.15, 0.2) is 35.7 Å². The average molecular weight is 243 g/mol. The lowest BCUT2D eigenvalue weighted by Gasteiger charge is -2.03. The van der Waals surface area contributed by atoms with Crippen molar-refractivity contribution in [2.24, 2.45) is 0 Å². The van der Waals surface area contributed by atoms with E-state index in [-0.39, 0.29) is 10.6 Å². The summed E-state index contributed by atoms with van der Waals surface area (Å²) in [5.41, 5.74) is 0.153. The summed E-state index contributed by atoms with van der Waals surface area (Å²) in [4.78, 5) is 11.7. The summed E-state index contributed by atoms with van der Waals surface area (Å²) in [6, 6.07) is 5.03. The van der Waals surface area contributed by atoms with Gasteiger partial charge in [0.1, 0.15) is 0 Å². The second kappa shape index (κ2) is 5.83. The number of benzene rings is 1. The van der Waals surface area contributed by atoms with Gasteiger partial charge in [-0.15, -0.1) is 18.3 Å². The molecule has 0 saturated heterocycles. The smallest absolute Gasteiger partial charge is 0.337 e. The number of rotatable bonds is 5. The Morgan fingerprint density at radius 1 is 1.60 bits per heavy atom. The number of hydrogen-bond acceptors (Lipinski definition) is 2. The molecule has 0 spiro atoms. The minimum atomic E-state index is -0.994. The van der Waals surface area contributed by atoms with E-state index in [1.807, 2.05) is 12.1 Å². The quantitative estimate of drug-likeness (QED) is 0.486. The summed E-state index contributed by atoms with van der Waals surface area (Å²) in [5, 5.41) is 9.13. The van der Waals surface area contributed by atoms with Crippen molar-refractivity contribution in [3.63, 3.8) is 0 Å². The number of carbonyl (C=O) groups is 1. The van der Waals surface area contributed by atoms with E-state index in [0.29, 0.717) is 0 Å². The molecule has 1 aromatic carbocycles. The van der Waals surface area contributed by atoms with Gasteiger partial charge in [-0.2, -0.15) is 0 Å². The van der Waals surface area contributed by atoms with Crippen LogP contribution in [0.5, 0.6) is 0 Å². The predicted molar refractivity (Wildman–Crippen MR) is 63.9 cm³/mol. The van der Waals surface area contributed by atoms with Crippen molar-refractivity contribution in [1.82, 2.24) is 0 Å². The highest BCUT2D eigenvalue weighted by molar-refractivity contribution is 7.99. The third kappa shape index (κ3) is 3.61. The zero-order valence-electron chi connectivity index (χ0n) is 8.07. The maximum atomic E-state index is 10.8. The van der Waals surface area contributed by atoms with Gasteiger partial charge in [-0.3, -0.25) is 0 Å². The van der Waals surface area contributed by atoms with Crippen LogP contribution in [-0.2, 0) is 0 Å². The first-order chi connectivity index (χ1) is 7.15. The Hall–Kier alpha value is -0.930. The van der Waals surface area contributed by atoms with Gasteiger partial charge >= 0.3 is 5.97 Å². The maximum absolute atomic E-state index is 10.8. The summed E-state index contributed by atoms with van der Waals surface area (Å²) in [5.74, 6) is -0.101. The number of aromatic carboxylic acids is 1. The number of allylic oxidation sites excluding steroid dienone is 1. The molecule has 4 heteroatoms. The van der Waals surface area contributed by atoms with Crippen molar-refractivity contribution >= 4 is 29.3 Å². The van der Waals surface area contributed by atoms with Crippen molar-refractivity contribution in [3.8, 4) is 0 Å². The first-order valence-electron chi connectivity index (χ1n) is 4.41. The van der Waals surface area contributed by atoms with E-state index < -0.39 is 5.97 Å². The van der Waals surface area contributed by atoms with Gasteiger partial charge in [0, 0.05) is 10.6 Å². The van der Waals surface area contributed by atoms with E-state index in [2.05, 4.69) is 6.58 Å². The van der Waals surface area contributed by atoms with Gasteiger partial charge in [-0.1, -0.05) is 17.7 Å². The van der Waals surface area contributed by atoms with Crippen LogP contribution in [0.2, 0.25) is 5.02 Å². The molecule has 0 fully saturated rings. The molecule has 0 radical (unpaired) electrons. The Morgan fingerprint density at radius 2 is 2.33 bits per heavy atom. The number of hydrogen-bond donors (Lipinski definition) is 1. The van der Waals surface area contributed by atoms with Crippen LogP contribution in [-0.4, -0.2) is 16.8 Å². The Balaban J connectivity index is 2.78. The molecule has 0 heterocycles. The summed E-state index contributed by atoms with van der Waals surface area (Å²) < 4.78 is 0. The zero-order valence-corrected chi connectivity index (χ0v) is 9.64. The summed E-state index contributed by atoms with van der Waals surface area (Å²) in [7, 11) is 0. The highest BCUT2D eigenvalue weighted by atomic mass is 35.5. The van der Waals surface area contributed by atoms with E-state index in [0.717, 1.165) is 17.1 Å². The standard InChI is InChI=1S/C11H11ClO2S/c1-2-3-6-15-8-4-5-10(12)9(7-8)11(13)14/h2,4-5,7H,1,3,6H2,(H,13,14). The molecule has 80 valence electrons. The second-order valence-corrected chi connectivity index (χ2v) is 4.45. The van der Waals surface area contributed by atoms with Crippen LogP contribution in [0.3, 0.4) is 0 Å². The lowest BCUT2D eigenvalue weighted by molar-refractivity contribution is 0.0697. The Labute approximate surface area is 97.9 Å². The van der Waals surface area contributed by atoms with Gasteiger partial charge in [0.05, 0.1) is 10.6 Å². The van der Waals surface area contributed by atoms with Crippen molar-refractivity contribution < 1.29 is 9.90 Å². The van der Waals surface area contributed by atoms with Crippen molar-refractivity contribution in [2.45, 2.75) is 11.3 Å². The lowest BCUT2D eigenvalue weighted by Crippen LogP contribution is -1.97. The third-order valence-corrected chi connectivity index (χ3v) is 3.12. The fourth-order valence-corrected chi connectivity index (χ4v) is 2.10. The molecule has 0 unspecified atom stereocenters. The number of thioether (sulfide) groups is 1. The van der Waals surface area contributed by atoms with Crippen LogP contribution >= 0.6 is 23.4 Å². The molecule has 2 nitrogen and oxygen atoms in total. The monoisotopic (exact) mass is 242 g/mol. The fourth-order valence-electron chi connectivity index (χ4n) is 1.02. The molecular weight excluding hydrogens is 232 g/mol. The van der Waals surface area contributed by atoms with Crippen LogP contribution in [0.25, 0.3) is 0 Å². The van der Waals surface area contributed by atoms with Gasteiger partial charge in [0.2, 0.25) is 0 Å². The van der Waals surface area contributed by atoms with Gasteiger partial charge in [0.15, 0.2) is 0 Å². The molecule has 15 heavy (non-hydrogen) atoms. The normalized spacial score (nSPS) is 9.93. The van der Waals surface area contributed by atoms with E-state index in [4.69, 9.17) is 16.7 Å². The second-order valence-electron chi connectivity index (χ2n) is 2.87. The molecule has 0 atom stereocenters. The highest BCUT2D eigenvalue weighted by Gasteiger charge is 2.09. The van der Waals surface area contributed by atoms with Gasteiger partial charge < -0.3 is 5.11 Å². The van der Waals surface area contributed by atoms with Crippen molar-refractivity contribution in [2.75, 3.05) is 5.75 Å². The highest BCUT2D eigenvalue weighted by Crippen LogP contribution is 2.25. The first-order valence-corrected chi connectivity index (χ1v) is 5.78.